The molecule has 2 rings (SSSR count). The highest BCUT2D eigenvalue weighted by atomic mass is 32.1. The minimum Gasteiger partial charge on any atom is -0.373 e. The lowest BCUT2D eigenvalue weighted by Gasteiger charge is -2.25. The highest BCUT2D eigenvalue weighted by Crippen LogP contribution is 2.25. The van der Waals surface area contributed by atoms with Crippen molar-refractivity contribution in [3.05, 3.63) is 21.9 Å². The van der Waals surface area contributed by atoms with E-state index in [4.69, 9.17) is 10.5 Å². The highest BCUT2D eigenvalue weighted by Gasteiger charge is 2.18. The minimum absolute atomic E-state index is 0.415. The maximum Gasteiger partial charge on any atom is 0.0825 e. The maximum absolute atomic E-state index is 5.75. The molecule has 0 atom stereocenters. The Labute approximate surface area is 94.4 Å². The molecule has 1 aromatic heterocycles. The molecule has 0 aliphatic heterocycles. The number of hydrogen-bond donors (Lipinski definition) is 1. The van der Waals surface area contributed by atoms with Gasteiger partial charge < -0.3 is 10.5 Å². The number of thiophene rings is 1. The Morgan fingerprint density at radius 3 is 3.07 bits per heavy atom. The molecule has 80 valence electrons. The first-order valence-corrected chi connectivity index (χ1v) is 6.15. The Hall–Kier alpha value is -0.820. The summed E-state index contributed by atoms with van der Waals surface area (Å²) in [7, 11) is 0. The van der Waals surface area contributed by atoms with Crippen molar-refractivity contribution in [3.8, 4) is 11.8 Å². The van der Waals surface area contributed by atoms with Gasteiger partial charge in [0.25, 0.3) is 0 Å². The summed E-state index contributed by atoms with van der Waals surface area (Å²) in [5.74, 6) is 5.94. The average Bonchev–Trinajstić information content (AvgIpc) is 2.60. The molecule has 2 nitrogen and oxygen atoms in total. The topological polar surface area (TPSA) is 35.2 Å². The third-order valence-corrected chi connectivity index (χ3v) is 3.47. The monoisotopic (exact) mass is 221 g/mol. The number of nitrogens with two attached hydrogens (primary N) is 1. The van der Waals surface area contributed by atoms with Crippen LogP contribution in [0.5, 0.6) is 0 Å². The molecule has 1 fully saturated rings. The highest BCUT2D eigenvalue weighted by molar-refractivity contribution is 7.10. The fraction of sp³-hybridized carbons (Fsp3) is 0.500. The van der Waals surface area contributed by atoms with Crippen molar-refractivity contribution in [2.75, 3.05) is 6.54 Å². The Bertz CT molecular complexity index is 370. The fourth-order valence-corrected chi connectivity index (χ4v) is 2.19. The van der Waals surface area contributed by atoms with Crippen LogP contribution in [-0.4, -0.2) is 12.6 Å². The summed E-state index contributed by atoms with van der Waals surface area (Å²) in [5, 5.41) is 2.06. The van der Waals surface area contributed by atoms with Gasteiger partial charge in [0.2, 0.25) is 0 Å². The van der Waals surface area contributed by atoms with E-state index in [1.54, 1.807) is 11.3 Å². The van der Waals surface area contributed by atoms with Crippen molar-refractivity contribution < 1.29 is 4.74 Å². The van der Waals surface area contributed by atoms with Gasteiger partial charge in [-0.3, -0.25) is 0 Å². The number of hydrogen-bond acceptors (Lipinski definition) is 3. The Balaban J connectivity index is 1.91. The Kier molecular flexibility index (Phi) is 3.79. The minimum atomic E-state index is 0.415. The van der Waals surface area contributed by atoms with Gasteiger partial charge in [-0.2, -0.15) is 0 Å². The molecule has 0 spiro atoms. The fourth-order valence-electron chi connectivity index (χ4n) is 1.44. The molecule has 15 heavy (non-hydrogen) atoms. The van der Waals surface area contributed by atoms with Crippen molar-refractivity contribution in [1.82, 2.24) is 0 Å². The second kappa shape index (κ2) is 5.32. The van der Waals surface area contributed by atoms with Crippen molar-refractivity contribution in [2.45, 2.75) is 32.0 Å². The predicted octanol–water partition coefficient (Wildman–Crippen LogP) is 2.13. The summed E-state index contributed by atoms with van der Waals surface area (Å²) in [6.45, 7) is 1.12. The van der Waals surface area contributed by atoms with E-state index in [9.17, 15) is 0 Å². The van der Waals surface area contributed by atoms with E-state index in [0.29, 0.717) is 19.3 Å². The van der Waals surface area contributed by atoms with Crippen LogP contribution in [0.25, 0.3) is 0 Å². The zero-order valence-electron chi connectivity index (χ0n) is 8.66. The third-order valence-electron chi connectivity index (χ3n) is 2.57. The molecule has 0 amide bonds. The number of ether oxygens (including phenoxy) is 1. The molecule has 0 radical (unpaired) electrons. The first-order valence-electron chi connectivity index (χ1n) is 5.27. The Morgan fingerprint density at radius 2 is 2.40 bits per heavy atom. The molecule has 1 heterocycles. The van der Waals surface area contributed by atoms with Crippen LogP contribution in [0.2, 0.25) is 0 Å². The van der Waals surface area contributed by atoms with E-state index in [-0.39, 0.29) is 0 Å². The molecular formula is C12H15NOS. The van der Waals surface area contributed by atoms with Gasteiger partial charge in [0, 0.05) is 10.4 Å². The molecule has 1 aliphatic rings. The van der Waals surface area contributed by atoms with Crippen LogP contribution in [0, 0.1) is 11.8 Å². The van der Waals surface area contributed by atoms with Gasteiger partial charge in [-0.25, -0.2) is 0 Å². The summed E-state index contributed by atoms with van der Waals surface area (Å²) in [6.07, 6.45) is 4.24. The van der Waals surface area contributed by atoms with E-state index in [1.165, 1.54) is 24.1 Å². The van der Waals surface area contributed by atoms with Gasteiger partial charge in [0.1, 0.15) is 0 Å². The quantitative estimate of drug-likeness (QED) is 0.794. The summed E-state index contributed by atoms with van der Waals surface area (Å²) in [5.41, 5.74) is 6.42. The molecule has 2 N–H and O–H groups in total. The van der Waals surface area contributed by atoms with Crippen LogP contribution in [0.3, 0.4) is 0 Å². The largest absolute Gasteiger partial charge is 0.373 e. The molecule has 1 saturated carbocycles. The second-order valence-electron chi connectivity index (χ2n) is 3.63. The van der Waals surface area contributed by atoms with E-state index in [2.05, 4.69) is 17.2 Å². The lowest BCUT2D eigenvalue weighted by atomic mass is 9.96. The first-order chi connectivity index (χ1) is 7.40. The summed E-state index contributed by atoms with van der Waals surface area (Å²) in [4.78, 5) is 1.22. The van der Waals surface area contributed by atoms with Crippen molar-refractivity contribution in [3.63, 3.8) is 0 Å². The van der Waals surface area contributed by atoms with Crippen LogP contribution in [-0.2, 0) is 11.3 Å². The van der Waals surface area contributed by atoms with E-state index >= 15 is 0 Å². The van der Waals surface area contributed by atoms with Gasteiger partial charge in [-0.05, 0) is 30.7 Å². The van der Waals surface area contributed by atoms with Crippen LogP contribution < -0.4 is 5.73 Å². The Morgan fingerprint density at radius 1 is 1.53 bits per heavy atom. The van der Waals surface area contributed by atoms with Crippen LogP contribution >= 0.6 is 11.3 Å². The molecule has 1 aliphatic carbocycles. The van der Waals surface area contributed by atoms with Gasteiger partial charge in [-0.1, -0.05) is 11.8 Å². The molecule has 0 saturated heterocycles. The molecule has 0 bridgehead atoms. The summed E-state index contributed by atoms with van der Waals surface area (Å²) >= 11 is 1.71. The van der Waals surface area contributed by atoms with Crippen LogP contribution in [0.15, 0.2) is 11.4 Å². The normalized spacial score (nSPS) is 15.5. The summed E-state index contributed by atoms with van der Waals surface area (Å²) < 4.78 is 5.75. The first kappa shape index (κ1) is 10.7. The summed E-state index contributed by atoms with van der Waals surface area (Å²) in [6, 6.07) is 2.03. The van der Waals surface area contributed by atoms with Crippen molar-refractivity contribution in [1.29, 1.82) is 0 Å². The van der Waals surface area contributed by atoms with Crippen molar-refractivity contribution >= 4 is 11.3 Å². The van der Waals surface area contributed by atoms with Gasteiger partial charge in [-0.15, -0.1) is 11.3 Å². The van der Waals surface area contributed by atoms with E-state index < -0.39 is 0 Å². The second-order valence-corrected chi connectivity index (χ2v) is 4.63. The molecular weight excluding hydrogens is 206 g/mol. The SMILES string of the molecule is NCC#Cc1ccsc1COC1CCC1. The zero-order chi connectivity index (χ0) is 10.5. The molecule has 0 aromatic carbocycles. The average molecular weight is 221 g/mol. The smallest absolute Gasteiger partial charge is 0.0825 e. The lowest BCUT2D eigenvalue weighted by molar-refractivity contribution is -0.00751. The standard InChI is InChI=1S/C12H15NOS/c13-7-2-3-10-6-8-15-12(10)9-14-11-4-1-5-11/h6,8,11H,1,4-5,7,9,13H2. The maximum atomic E-state index is 5.75. The zero-order valence-corrected chi connectivity index (χ0v) is 9.48. The lowest BCUT2D eigenvalue weighted by Crippen LogP contribution is -2.21. The molecule has 3 heteroatoms. The van der Waals surface area contributed by atoms with Gasteiger partial charge in [0.05, 0.1) is 19.3 Å². The van der Waals surface area contributed by atoms with Crippen molar-refractivity contribution in [2.24, 2.45) is 5.73 Å². The van der Waals surface area contributed by atoms with Gasteiger partial charge in [0.15, 0.2) is 0 Å². The number of rotatable bonds is 3. The predicted molar refractivity (Wildman–Crippen MR) is 62.7 cm³/mol. The molecule has 0 unspecified atom stereocenters. The van der Waals surface area contributed by atoms with Crippen LogP contribution in [0.1, 0.15) is 29.7 Å². The van der Waals surface area contributed by atoms with Gasteiger partial charge >= 0.3 is 0 Å². The molecule has 1 aromatic rings. The van der Waals surface area contributed by atoms with Crippen LogP contribution in [0.4, 0.5) is 0 Å². The van der Waals surface area contributed by atoms with E-state index in [1.807, 2.05) is 6.07 Å². The van der Waals surface area contributed by atoms with E-state index in [0.717, 1.165) is 5.56 Å². The third kappa shape index (κ3) is 2.82.